The van der Waals surface area contributed by atoms with Crippen molar-refractivity contribution in [3.8, 4) is 0 Å². The first-order valence-electron chi connectivity index (χ1n) is 42.4. The van der Waals surface area contributed by atoms with Crippen molar-refractivity contribution in [3.05, 3.63) is 0 Å². The first kappa shape index (κ1) is 99.1. The summed E-state index contributed by atoms with van der Waals surface area (Å²) >= 11 is 0. The van der Waals surface area contributed by atoms with Gasteiger partial charge in [0.1, 0.15) is 19.3 Å². The molecule has 0 radical (unpaired) electrons. The van der Waals surface area contributed by atoms with E-state index in [2.05, 4.69) is 48.5 Å². The van der Waals surface area contributed by atoms with E-state index in [0.717, 1.165) is 108 Å². The molecule has 3 N–H and O–H groups in total. The summed E-state index contributed by atoms with van der Waals surface area (Å²) in [5.41, 5.74) is 0. The Bertz CT molecular complexity index is 1960. The Labute approximate surface area is 619 Å². The first-order valence-corrected chi connectivity index (χ1v) is 45.4. The number of ether oxygens (including phenoxy) is 4. The van der Waals surface area contributed by atoms with Crippen LogP contribution in [0.3, 0.4) is 0 Å². The van der Waals surface area contributed by atoms with E-state index in [1.807, 2.05) is 0 Å². The van der Waals surface area contributed by atoms with E-state index in [4.69, 9.17) is 37.0 Å². The van der Waals surface area contributed by atoms with Crippen molar-refractivity contribution in [2.75, 3.05) is 39.6 Å². The van der Waals surface area contributed by atoms with Crippen LogP contribution in [0.15, 0.2) is 0 Å². The number of carbonyl (C=O) groups is 4. The lowest BCUT2D eigenvalue weighted by molar-refractivity contribution is -0.161. The Morgan fingerprint density at radius 1 is 0.287 bits per heavy atom. The lowest BCUT2D eigenvalue weighted by Crippen LogP contribution is -2.30. The van der Waals surface area contributed by atoms with Crippen LogP contribution in [0.4, 0.5) is 0 Å². The fourth-order valence-corrected chi connectivity index (χ4v) is 14.2. The molecule has 19 heteroatoms. The largest absolute Gasteiger partial charge is 0.472 e. The highest BCUT2D eigenvalue weighted by Gasteiger charge is 2.30. The molecular weight excluding hydrogens is 1320 g/mol. The molecule has 3 unspecified atom stereocenters. The van der Waals surface area contributed by atoms with Crippen LogP contribution >= 0.6 is 15.6 Å². The molecule has 0 aliphatic heterocycles. The topological polar surface area (TPSA) is 237 Å². The molecule has 0 aliphatic rings. The maximum absolute atomic E-state index is 13.1. The average Bonchev–Trinajstić information content (AvgIpc) is 0.915. The van der Waals surface area contributed by atoms with Gasteiger partial charge in [0.15, 0.2) is 12.2 Å². The molecule has 0 aromatic heterocycles. The summed E-state index contributed by atoms with van der Waals surface area (Å²) in [5, 5.41) is 10.7. The number of hydrogen-bond acceptors (Lipinski definition) is 15. The number of hydrogen-bond donors (Lipinski definition) is 3. The number of aliphatic hydroxyl groups is 1. The third kappa shape index (κ3) is 74.7. The molecule has 0 spiro atoms. The first-order chi connectivity index (χ1) is 48.8. The number of rotatable bonds is 80. The second-order valence-electron chi connectivity index (χ2n) is 30.7. The zero-order valence-corrected chi connectivity index (χ0v) is 68.2. The van der Waals surface area contributed by atoms with Gasteiger partial charge in [-0.3, -0.25) is 37.3 Å². The van der Waals surface area contributed by atoms with Gasteiger partial charge >= 0.3 is 39.5 Å². The van der Waals surface area contributed by atoms with Gasteiger partial charge < -0.3 is 33.8 Å². The van der Waals surface area contributed by atoms with E-state index in [1.165, 1.54) is 238 Å². The molecule has 0 bridgehead atoms. The quantitative estimate of drug-likeness (QED) is 0.0222. The number of esters is 4. The Balaban J connectivity index is 5.27. The van der Waals surface area contributed by atoms with Gasteiger partial charge in [-0.25, -0.2) is 9.13 Å². The predicted molar refractivity (Wildman–Crippen MR) is 414 cm³/mol. The van der Waals surface area contributed by atoms with Crippen molar-refractivity contribution in [1.82, 2.24) is 0 Å². The minimum absolute atomic E-state index is 0.106. The van der Waals surface area contributed by atoms with Gasteiger partial charge in [-0.15, -0.1) is 0 Å². The van der Waals surface area contributed by atoms with Crippen LogP contribution < -0.4 is 0 Å². The molecule has 0 saturated heterocycles. The molecule has 0 aromatic rings. The number of phosphoric acid groups is 2. The molecule has 600 valence electrons. The van der Waals surface area contributed by atoms with E-state index >= 15 is 0 Å². The maximum atomic E-state index is 13.1. The summed E-state index contributed by atoms with van der Waals surface area (Å²) in [6, 6.07) is 0. The van der Waals surface area contributed by atoms with Crippen molar-refractivity contribution >= 4 is 39.5 Å². The molecule has 0 amide bonds. The molecule has 0 fully saturated rings. The highest BCUT2D eigenvalue weighted by molar-refractivity contribution is 7.47. The molecule has 0 aromatic carbocycles. The highest BCUT2D eigenvalue weighted by atomic mass is 31.2. The molecular formula is C82H160O17P2. The molecule has 0 aliphatic carbocycles. The van der Waals surface area contributed by atoms with Crippen molar-refractivity contribution in [2.45, 2.75) is 446 Å². The van der Waals surface area contributed by atoms with Crippen LogP contribution in [0.25, 0.3) is 0 Å². The van der Waals surface area contributed by atoms with E-state index in [0.29, 0.717) is 25.7 Å². The van der Waals surface area contributed by atoms with Gasteiger partial charge in [-0.1, -0.05) is 376 Å². The van der Waals surface area contributed by atoms with Crippen LogP contribution in [-0.4, -0.2) is 96.7 Å². The number of carbonyl (C=O) groups excluding carboxylic acids is 4. The molecule has 0 saturated carbocycles. The fourth-order valence-electron chi connectivity index (χ4n) is 12.6. The van der Waals surface area contributed by atoms with Gasteiger partial charge in [0.05, 0.1) is 26.4 Å². The van der Waals surface area contributed by atoms with E-state index in [-0.39, 0.29) is 25.7 Å². The van der Waals surface area contributed by atoms with Gasteiger partial charge in [0.2, 0.25) is 0 Å². The van der Waals surface area contributed by atoms with Crippen molar-refractivity contribution < 1.29 is 80.2 Å². The third-order valence-electron chi connectivity index (χ3n) is 19.5. The van der Waals surface area contributed by atoms with Gasteiger partial charge in [-0.05, 0) is 43.4 Å². The standard InChI is InChI=1S/C82H160O17P2/c1-8-10-11-12-13-14-15-16-17-18-19-20-21-22-30-35-44-51-58-65-81(86)98-77(69-92-79(84)63-56-49-42-34-29-25-23-27-32-39-46-53-60-73(3)4)71-96-100(88,89)94-67-76(83)68-95-101(90,91)97-72-78(70-93-80(85)64-57-50-43-38-37-41-48-55-62-75(7)9-2)99-82(87)66-59-52-45-36-31-26-24-28-33-40-47-54-61-74(5)6/h73-78,83H,8-72H2,1-7H3,(H,88,89)(H,90,91)/t75?,76-,77-,78-/m1/s1. The van der Waals surface area contributed by atoms with Crippen LogP contribution in [0, 0.1) is 17.8 Å². The summed E-state index contributed by atoms with van der Waals surface area (Å²) < 4.78 is 68.8. The second kappa shape index (κ2) is 72.3. The van der Waals surface area contributed by atoms with E-state index in [1.54, 1.807) is 0 Å². The summed E-state index contributed by atoms with van der Waals surface area (Å²) in [5.74, 6) is 0.227. The monoisotopic (exact) mass is 1480 g/mol. The Morgan fingerprint density at radius 3 is 0.752 bits per heavy atom. The van der Waals surface area contributed by atoms with Crippen molar-refractivity contribution in [2.24, 2.45) is 17.8 Å². The zero-order chi connectivity index (χ0) is 74.4. The van der Waals surface area contributed by atoms with Gasteiger partial charge in [0, 0.05) is 25.7 Å². The molecule has 17 nitrogen and oxygen atoms in total. The highest BCUT2D eigenvalue weighted by Crippen LogP contribution is 2.45. The lowest BCUT2D eigenvalue weighted by Gasteiger charge is -2.21. The lowest BCUT2D eigenvalue weighted by atomic mass is 9.99. The molecule has 6 atom stereocenters. The fraction of sp³-hybridized carbons (Fsp3) is 0.951. The van der Waals surface area contributed by atoms with Crippen LogP contribution in [-0.2, 0) is 65.4 Å². The molecule has 0 heterocycles. The average molecular weight is 1480 g/mol. The minimum Gasteiger partial charge on any atom is -0.462 e. The summed E-state index contributed by atoms with van der Waals surface area (Å²) in [7, 11) is -9.92. The third-order valence-corrected chi connectivity index (χ3v) is 21.4. The smallest absolute Gasteiger partial charge is 0.462 e. The predicted octanol–water partition coefficient (Wildman–Crippen LogP) is 24.5. The van der Waals surface area contributed by atoms with E-state index in [9.17, 15) is 43.2 Å². The maximum Gasteiger partial charge on any atom is 0.472 e. The van der Waals surface area contributed by atoms with Gasteiger partial charge in [-0.2, -0.15) is 0 Å². The summed E-state index contributed by atoms with van der Waals surface area (Å²) in [6.45, 7) is 12.0. The second-order valence-corrected chi connectivity index (χ2v) is 33.6. The van der Waals surface area contributed by atoms with Crippen LogP contribution in [0.5, 0.6) is 0 Å². The number of phosphoric ester groups is 2. The zero-order valence-electron chi connectivity index (χ0n) is 66.4. The SMILES string of the molecule is CCCCCCCCCCCCCCCCCCCCCC(=O)O[C@H](COC(=O)CCCCCCCCCCCCCCC(C)C)COP(=O)(O)OC[C@@H](O)COP(=O)(O)OC[C@@H](COC(=O)CCCCCCCCCCC(C)CC)OC(=O)CCCCCCCCCCCCCCC(C)C. The van der Waals surface area contributed by atoms with Crippen molar-refractivity contribution in [1.29, 1.82) is 0 Å². The molecule has 101 heavy (non-hydrogen) atoms. The van der Waals surface area contributed by atoms with Crippen LogP contribution in [0.2, 0.25) is 0 Å². The minimum atomic E-state index is -4.96. The Morgan fingerprint density at radius 2 is 0.505 bits per heavy atom. The van der Waals surface area contributed by atoms with E-state index < -0.39 is 97.5 Å². The Kier molecular flexibility index (Phi) is 70.9. The van der Waals surface area contributed by atoms with Crippen LogP contribution in [0.1, 0.15) is 427 Å². The number of aliphatic hydroxyl groups excluding tert-OH is 1. The summed E-state index contributed by atoms with van der Waals surface area (Å²) in [6.07, 6.45) is 60.9. The van der Waals surface area contributed by atoms with Gasteiger partial charge in [0.25, 0.3) is 0 Å². The van der Waals surface area contributed by atoms with Crippen molar-refractivity contribution in [3.63, 3.8) is 0 Å². The molecule has 0 rings (SSSR count). The summed E-state index contributed by atoms with van der Waals surface area (Å²) in [4.78, 5) is 73.1. The Hall–Kier alpha value is -1.94. The normalized spacial score (nSPS) is 14.2. The number of unbranched alkanes of at least 4 members (excludes halogenated alkanes) is 47.